The van der Waals surface area contributed by atoms with Gasteiger partial charge in [0.05, 0.1) is 0 Å². The van der Waals surface area contributed by atoms with Gasteiger partial charge in [0, 0.05) is 0 Å². The van der Waals surface area contributed by atoms with E-state index < -0.39 is 18.3 Å². The fraction of sp³-hybridized carbons (Fsp3) is 0.585. The Morgan fingerprint density at radius 2 is 1.43 bits per heavy atom. The second kappa shape index (κ2) is 13.4. The van der Waals surface area contributed by atoms with Crippen LogP contribution in [0.1, 0.15) is 114 Å². The molecule has 7 aliphatic rings. The van der Waals surface area contributed by atoms with Gasteiger partial charge in [0.15, 0.2) is 0 Å². The summed E-state index contributed by atoms with van der Waals surface area (Å²) in [6, 6.07) is 9.52. The Morgan fingerprint density at radius 1 is 0.727 bits per heavy atom. The Bertz CT molecular complexity index is 1430. The third-order valence-electron chi connectivity index (χ3n) is 13.8. The SMILES string of the molecule is Cl.Cl.[CH2]=[Zr]([CH2]C1CCCCC1)([CH2]C1CCCCC1)([C]1=CC=CC1)[CH]1CCCC2C1=C1Cc3ccccc3C1=C1C=CCCC12. The molecule has 0 nitrogen and oxygen atoms in total. The molecule has 0 bridgehead atoms. The molecule has 3 heteroatoms. The zero-order valence-corrected chi connectivity index (χ0v) is 31.1. The zero-order valence-electron chi connectivity index (χ0n) is 27.0. The van der Waals surface area contributed by atoms with Crippen molar-refractivity contribution in [3.8, 4) is 0 Å². The molecule has 1 aromatic carbocycles. The minimum atomic E-state index is -3.84. The van der Waals surface area contributed by atoms with Gasteiger partial charge in [-0.2, -0.15) is 0 Å². The van der Waals surface area contributed by atoms with Crippen LogP contribution in [0.25, 0.3) is 5.57 Å². The Balaban J connectivity index is 0.00000171. The molecule has 8 rings (SSSR count). The van der Waals surface area contributed by atoms with Crippen molar-refractivity contribution in [3.63, 3.8) is 0 Å². The van der Waals surface area contributed by atoms with Gasteiger partial charge in [0.1, 0.15) is 0 Å². The Kier molecular flexibility index (Phi) is 10.1. The first-order valence-corrected chi connectivity index (χ1v) is 26.1. The van der Waals surface area contributed by atoms with Crippen molar-refractivity contribution in [2.45, 2.75) is 121 Å². The van der Waals surface area contributed by atoms with Gasteiger partial charge in [-0.25, -0.2) is 0 Å². The van der Waals surface area contributed by atoms with Gasteiger partial charge in [0.2, 0.25) is 0 Å². The van der Waals surface area contributed by atoms with Gasteiger partial charge in [-0.05, 0) is 0 Å². The Labute approximate surface area is 281 Å². The number of fused-ring (bicyclic) bond motifs is 6. The molecule has 44 heavy (non-hydrogen) atoms. The predicted octanol–water partition coefficient (Wildman–Crippen LogP) is 12.7. The monoisotopic (exact) mass is 708 g/mol. The van der Waals surface area contributed by atoms with E-state index in [1.165, 1.54) is 109 Å². The summed E-state index contributed by atoms with van der Waals surface area (Å²) in [6.45, 7) is 0. The van der Waals surface area contributed by atoms with E-state index in [0.29, 0.717) is 0 Å². The quantitative estimate of drug-likeness (QED) is 0.276. The number of halogens is 2. The van der Waals surface area contributed by atoms with Crippen LogP contribution in [0.4, 0.5) is 0 Å². The van der Waals surface area contributed by atoms with E-state index in [1.807, 2.05) is 14.4 Å². The van der Waals surface area contributed by atoms with E-state index in [2.05, 4.69) is 54.6 Å². The first-order valence-electron chi connectivity index (χ1n) is 18.3. The first-order chi connectivity index (χ1) is 20.6. The molecule has 3 unspecified atom stereocenters. The van der Waals surface area contributed by atoms with Crippen molar-refractivity contribution >= 4 is 34.6 Å². The molecular formula is C41H56Cl2Zr. The van der Waals surface area contributed by atoms with Crippen LogP contribution in [0, 0.1) is 23.7 Å². The summed E-state index contributed by atoms with van der Waals surface area (Å²) >= 11 is -3.84. The third-order valence-corrected chi connectivity index (χ3v) is 32.8. The first kappa shape index (κ1) is 33.2. The number of benzene rings is 1. The van der Waals surface area contributed by atoms with Crippen molar-refractivity contribution in [1.82, 2.24) is 0 Å². The molecular weight excluding hydrogens is 655 g/mol. The normalized spacial score (nSPS) is 28.8. The summed E-state index contributed by atoms with van der Waals surface area (Å²) in [5.74, 6) is 3.39. The van der Waals surface area contributed by atoms with Crippen LogP contribution in [0.15, 0.2) is 74.6 Å². The summed E-state index contributed by atoms with van der Waals surface area (Å²) in [6.07, 6.45) is 36.9. The number of rotatable bonds is 6. The van der Waals surface area contributed by atoms with Gasteiger partial charge in [0.25, 0.3) is 0 Å². The zero-order chi connectivity index (χ0) is 28.2. The van der Waals surface area contributed by atoms with Crippen molar-refractivity contribution in [3.05, 3.63) is 85.8 Å². The number of hydrogen-bond donors (Lipinski definition) is 0. The maximum atomic E-state index is 5.99. The van der Waals surface area contributed by atoms with Gasteiger partial charge in [-0.3, -0.25) is 0 Å². The molecule has 0 saturated heterocycles. The predicted molar refractivity (Wildman–Crippen MR) is 193 cm³/mol. The average Bonchev–Trinajstić information content (AvgIpc) is 3.72. The molecule has 0 spiro atoms. The van der Waals surface area contributed by atoms with Crippen molar-refractivity contribution in [2.75, 3.05) is 0 Å². The van der Waals surface area contributed by atoms with E-state index >= 15 is 0 Å². The molecule has 3 saturated carbocycles. The molecule has 0 amide bonds. The standard InChI is InChI=1S/C21H21.2C7H13.C5H5.CH2.2ClH.Zr/c1-2-8-15-14(7-1)13-20-18-11-4-3-9-16(18)17-10-5-6-12-19(17)21(15)20;2*1-7-5-3-2-4-6-7;1-2-4-5-3-1;;;;/h1-2,6-8,11-12,16-17H,3-5,9-10,13H2;2*7H,1-6H2;1-3H,4H2;1H2;2*1H;. The Hall–Kier alpha value is -0.747. The molecule has 0 aliphatic heterocycles. The van der Waals surface area contributed by atoms with Crippen molar-refractivity contribution in [1.29, 1.82) is 0 Å². The molecule has 7 aliphatic carbocycles. The molecule has 3 fully saturated rings. The van der Waals surface area contributed by atoms with Gasteiger partial charge >= 0.3 is 259 Å². The summed E-state index contributed by atoms with van der Waals surface area (Å²) in [5, 5.41) is 0. The van der Waals surface area contributed by atoms with Crippen LogP contribution in [-0.2, 0) is 24.7 Å². The maximum absolute atomic E-state index is 5.99. The summed E-state index contributed by atoms with van der Waals surface area (Å²) < 4.78 is 11.8. The van der Waals surface area contributed by atoms with E-state index in [4.69, 9.17) is 4.21 Å². The molecule has 0 heterocycles. The molecule has 3 atom stereocenters. The van der Waals surface area contributed by atoms with Crippen LogP contribution >= 0.6 is 24.8 Å². The van der Waals surface area contributed by atoms with Crippen LogP contribution in [0.3, 0.4) is 0 Å². The van der Waals surface area contributed by atoms with E-state index in [1.54, 1.807) is 30.5 Å². The van der Waals surface area contributed by atoms with Crippen LogP contribution in [-0.4, -0.2) is 4.21 Å². The third kappa shape index (κ3) is 5.50. The molecule has 238 valence electrons. The van der Waals surface area contributed by atoms with Crippen LogP contribution in [0.5, 0.6) is 0 Å². The van der Waals surface area contributed by atoms with Gasteiger partial charge < -0.3 is 0 Å². The fourth-order valence-electron chi connectivity index (χ4n) is 12.2. The van der Waals surface area contributed by atoms with Crippen LogP contribution < -0.4 is 0 Å². The van der Waals surface area contributed by atoms with E-state index in [9.17, 15) is 0 Å². The molecule has 0 N–H and O–H groups in total. The number of allylic oxidation sites excluding steroid dienone is 10. The summed E-state index contributed by atoms with van der Waals surface area (Å²) in [7, 11) is 0. The number of hydrogen-bond acceptors (Lipinski definition) is 0. The molecule has 0 aromatic heterocycles. The van der Waals surface area contributed by atoms with Gasteiger partial charge in [-0.1, -0.05) is 0 Å². The van der Waals surface area contributed by atoms with Gasteiger partial charge in [-0.15, -0.1) is 24.8 Å². The minimum absolute atomic E-state index is 0. The van der Waals surface area contributed by atoms with Crippen molar-refractivity contribution in [2.24, 2.45) is 23.7 Å². The Morgan fingerprint density at radius 3 is 2.11 bits per heavy atom. The summed E-state index contributed by atoms with van der Waals surface area (Å²) in [5.41, 5.74) is 10.4. The topological polar surface area (TPSA) is 0 Å². The van der Waals surface area contributed by atoms with Crippen LogP contribution in [0.2, 0.25) is 11.9 Å². The second-order valence-electron chi connectivity index (χ2n) is 16.1. The second-order valence-corrected chi connectivity index (χ2v) is 31.4. The average molecular weight is 711 g/mol. The molecule has 1 aromatic rings. The summed E-state index contributed by atoms with van der Waals surface area (Å²) in [4.78, 5) is 0. The molecule has 0 radical (unpaired) electrons. The van der Waals surface area contributed by atoms with E-state index in [-0.39, 0.29) is 24.8 Å². The van der Waals surface area contributed by atoms with Crippen molar-refractivity contribution < 1.29 is 18.3 Å². The van der Waals surface area contributed by atoms with E-state index in [0.717, 1.165) is 27.3 Å². The fourth-order valence-corrected chi connectivity index (χ4v) is 33.7.